The Labute approximate surface area is 176 Å². The maximum absolute atomic E-state index is 12.8. The Kier molecular flexibility index (Phi) is 6.30. The van der Waals surface area contributed by atoms with Crippen LogP contribution >= 0.6 is 11.8 Å². The van der Waals surface area contributed by atoms with Gasteiger partial charge in [-0.2, -0.15) is 0 Å². The van der Waals surface area contributed by atoms with Crippen LogP contribution < -0.4 is 0 Å². The van der Waals surface area contributed by atoms with Crippen molar-refractivity contribution in [3.05, 3.63) is 66.2 Å². The van der Waals surface area contributed by atoms with E-state index >= 15 is 0 Å². The Hall–Kier alpha value is -2.60. The van der Waals surface area contributed by atoms with Crippen molar-refractivity contribution in [3.63, 3.8) is 0 Å². The lowest BCUT2D eigenvalue weighted by molar-refractivity contribution is -0.131. The number of nitrogens with zero attached hydrogens (tertiary/aromatic N) is 4. The lowest BCUT2D eigenvalue weighted by Crippen LogP contribution is -2.43. The molecule has 2 heterocycles. The fourth-order valence-corrected chi connectivity index (χ4v) is 4.61. The number of hydrogen-bond acceptors (Lipinski definition) is 4. The molecule has 0 unspecified atom stereocenters. The lowest BCUT2D eigenvalue weighted by atomic mass is 10.0. The molecule has 0 radical (unpaired) electrons. The molecule has 6 heteroatoms. The predicted octanol–water partition coefficient (Wildman–Crippen LogP) is 4.49. The van der Waals surface area contributed by atoms with E-state index in [2.05, 4.69) is 33.8 Å². The molecule has 1 amide bonds. The van der Waals surface area contributed by atoms with Crippen LogP contribution in [0.15, 0.2) is 65.8 Å². The summed E-state index contributed by atoms with van der Waals surface area (Å²) in [6.07, 6.45) is 3.41. The van der Waals surface area contributed by atoms with Crippen LogP contribution in [0.4, 0.5) is 0 Å². The number of benzene rings is 2. The van der Waals surface area contributed by atoms with Crippen LogP contribution in [0.1, 0.15) is 31.7 Å². The summed E-state index contributed by atoms with van der Waals surface area (Å²) < 4.78 is 2.11. The topological polar surface area (TPSA) is 51.0 Å². The normalized spacial score (nSPS) is 16.7. The van der Waals surface area contributed by atoms with E-state index in [4.69, 9.17) is 0 Å². The highest BCUT2D eigenvalue weighted by atomic mass is 32.2. The highest BCUT2D eigenvalue weighted by molar-refractivity contribution is 7.99. The van der Waals surface area contributed by atoms with Crippen LogP contribution in [0.5, 0.6) is 0 Å². The zero-order valence-corrected chi connectivity index (χ0v) is 17.5. The molecule has 4 rings (SSSR count). The minimum Gasteiger partial charge on any atom is -0.339 e. The number of likely N-dealkylation sites (tertiary alicyclic amines) is 1. The highest BCUT2D eigenvalue weighted by Crippen LogP contribution is 2.26. The van der Waals surface area contributed by atoms with Crippen molar-refractivity contribution < 1.29 is 4.79 Å². The zero-order valence-electron chi connectivity index (χ0n) is 16.7. The Morgan fingerprint density at radius 3 is 2.48 bits per heavy atom. The van der Waals surface area contributed by atoms with Gasteiger partial charge in [-0.3, -0.25) is 9.36 Å². The first-order valence-corrected chi connectivity index (χ1v) is 11.2. The molecule has 1 aliphatic rings. The standard InChI is InChI=1S/C23H26N4OS/c1-18-10-8-9-15-26(18)21(28)17-29-23-25-24-22(20-13-6-3-7-14-20)27(23)16-19-11-4-2-5-12-19/h2-7,11-14,18H,8-10,15-17H2,1H3/t18-/m1/s1. The number of aromatic nitrogens is 3. The minimum absolute atomic E-state index is 0.192. The first-order chi connectivity index (χ1) is 14.2. The molecule has 1 saturated heterocycles. The Morgan fingerprint density at radius 1 is 1.03 bits per heavy atom. The van der Waals surface area contributed by atoms with Gasteiger partial charge in [-0.05, 0) is 31.7 Å². The van der Waals surface area contributed by atoms with Gasteiger partial charge >= 0.3 is 0 Å². The summed E-state index contributed by atoms with van der Waals surface area (Å²) in [4.78, 5) is 14.8. The van der Waals surface area contributed by atoms with E-state index in [1.165, 1.54) is 23.7 Å². The van der Waals surface area contributed by atoms with Gasteiger partial charge in [-0.25, -0.2) is 0 Å². The molecule has 0 saturated carbocycles. The summed E-state index contributed by atoms with van der Waals surface area (Å²) in [7, 11) is 0. The van der Waals surface area contributed by atoms with Crippen LogP contribution in [0.25, 0.3) is 11.4 Å². The van der Waals surface area contributed by atoms with Crippen molar-refractivity contribution in [2.45, 2.75) is 43.9 Å². The first kappa shape index (κ1) is 19.7. The summed E-state index contributed by atoms with van der Waals surface area (Å²) in [5, 5.41) is 9.67. The second kappa shape index (κ2) is 9.27. The lowest BCUT2D eigenvalue weighted by Gasteiger charge is -2.33. The number of thioether (sulfide) groups is 1. The first-order valence-electron chi connectivity index (χ1n) is 10.2. The molecule has 0 N–H and O–H groups in total. The molecule has 1 aliphatic heterocycles. The third kappa shape index (κ3) is 4.70. The van der Waals surface area contributed by atoms with Gasteiger partial charge < -0.3 is 4.90 Å². The third-order valence-electron chi connectivity index (χ3n) is 5.38. The zero-order chi connectivity index (χ0) is 20.1. The number of hydrogen-bond donors (Lipinski definition) is 0. The van der Waals surface area contributed by atoms with Gasteiger partial charge in [0, 0.05) is 18.2 Å². The molecule has 3 aromatic rings. The van der Waals surface area contributed by atoms with Gasteiger partial charge in [-0.1, -0.05) is 72.4 Å². The van der Waals surface area contributed by atoms with Crippen molar-refractivity contribution in [1.29, 1.82) is 0 Å². The number of rotatable bonds is 6. The van der Waals surface area contributed by atoms with Crippen molar-refractivity contribution in [1.82, 2.24) is 19.7 Å². The maximum atomic E-state index is 12.8. The number of carbonyl (C=O) groups is 1. The quantitative estimate of drug-likeness (QED) is 0.566. The van der Waals surface area contributed by atoms with Gasteiger partial charge in [0.2, 0.25) is 5.91 Å². The molecule has 0 spiro atoms. The molecular formula is C23H26N4OS. The van der Waals surface area contributed by atoms with E-state index in [1.807, 2.05) is 53.4 Å². The average molecular weight is 407 g/mol. The van der Waals surface area contributed by atoms with E-state index in [0.29, 0.717) is 18.3 Å². The van der Waals surface area contributed by atoms with Gasteiger partial charge in [0.15, 0.2) is 11.0 Å². The second-order valence-corrected chi connectivity index (χ2v) is 8.41. The SMILES string of the molecule is C[C@@H]1CCCCN1C(=O)CSc1nnc(-c2ccccc2)n1Cc1ccccc1. The van der Waals surface area contributed by atoms with E-state index in [1.54, 1.807) is 0 Å². The fraction of sp³-hybridized carbons (Fsp3) is 0.348. The van der Waals surface area contributed by atoms with Crippen LogP contribution in [-0.4, -0.2) is 43.9 Å². The van der Waals surface area contributed by atoms with E-state index in [0.717, 1.165) is 35.9 Å². The van der Waals surface area contributed by atoms with Gasteiger partial charge in [0.25, 0.3) is 0 Å². The number of amides is 1. The van der Waals surface area contributed by atoms with Crippen molar-refractivity contribution in [2.24, 2.45) is 0 Å². The van der Waals surface area contributed by atoms with Crippen molar-refractivity contribution in [3.8, 4) is 11.4 Å². The molecule has 1 aromatic heterocycles. The fourth-order valence-electron chi connectivity index (χ4n) is 3.78. The molecule has 150 valence electrons. The summed E-state index contributed by atoms with van der Waals surface area (Å²) in [5.41, 5.74) is 2.21. The molecule has 5 nitrogen and oxygen atoms in total. The van der Waals surface area contributed by atoms with Gasteiger partial charge in [0.1, 0.15) is 0 Å². The Morgan fingerprint density at radius 2 is 1.76 bits per heavy atom. The molecule has 1 atom stereocenters. The molecule has 2 aromatic carbocycles. The largest absolute Gasteiger partial charge is 0.339 e. The van der Waals surface area contributed by atoms with Crippen LogP contribution in [0.3, 0.4) is 0 Å². The summed E-state index contributed by atoms with van der Waals surface area (Å²) in [6.45, 7) is 3.69. The third-order valence-corrected chi connectivity index (χ3v) is 6.33. The van der Waals surface area contributed by atoms with Gasteiger partial charge in [0.05, 0.1) is 12.3 Å². The molecule has 0 bridgehead atoms. The van der Waals surface area contributed by atoms with E-state index in [9.17, 15) is 4.79 Å². The van der Waals surface area contributed by atoms with Crippen molar-refractivity contribution in [2.75, 3.05) is 12.3 Å². The van der Waals surface area contributed by atoms with Gasteiger partial charge in [-0.15, -0.1) is 10.2 Å². The minimum atomic E-state index is 0.192. The van der Waals surface area contributed by atoms with Crippen LogP contribution in [0, 0.1) is 0 Å². The number of piperidine rings is 1. The predicted molar refractivity (Wildman–Crippen MR) is 117 cm³/mol. The monoisotopic (exact) mass is 406 g/mol. The summed E-state index contributed by atoms with van der Waals surface area (Å²) in [6, 6.07) is 20.7. The Balaban J connectivity index is 1.56. The summed E-state index contributed by atoms with van der Waals surface area (Å²) >= 11 is 1.48. The smallest absolute Gasteiger partial charge is 0.233 e. The maximum Gasteiger partial charge on any atom is 0.233 e. The van der Waals surface area contributed by atoms with E-state index in [-0.39, 0.29) is 5.91 Å². The number of carbonyl (C=O) groups excluding carboxylic acids is 1. The van der Waals surface area contributed by atoms with Crippen LogP contribution in [0.2, 0.25) is 0 Å². The van der Waals surface area contributed by atoms with Crippen LogP contribution in [-0.2, 0) is 11.3 Å². The molecule has 1 fully saturated rings. The average Bonchev–Trinajstić information content (AvgIpc) is 3.16. The molecule has 29 heavy (non-hydrogen) atoms. The molecular weight excluding hydrogens is 380 g/mol. The van der Waals surface area contributed by atoms with E-state index < -0.39 is 0 Å². The molecule has 0 aliphatic carbocycles. The summed E-state index contributed by atoms with van der Waals surface area (Å²) in [5.74, 6) is 1.42. The highest BCUT2D eigenvalue weighted by Gasteiger charge is 2.24. The second-order valence-electron chi connectivity index (χ2n) is 7.46. The Bertz CT molecular complexity index is 942. The van der Waals surface area contributed by atoms with Crippen molar-refractivity contribution >= 4 is 17.7 Å².